The number of ether oxygens (including phenoxy) is 1. The van der Waals surface area contributed by atoms with Crippen molar-refractivity contribution >= 4 is 34.3 Å². The first kappa shape index (κ1) is 22.9. The van der Waals surface area contributed by atoms with Crippen LogP contribution in [0.15, 0.2) is 59.0 Å². The molecule has 4 aromatic rings. The Morgan fingerprint density at radius 3 is 2.61 bits per heavy atom. The molecule has 0 saturated carbocycles. The van der Waals surface area contributed by atoms with Crippen LogP contribution in [0.4, 0.5) is 5.69 Å². The van der Waals surface area contributed by atoms with Crippen molar-refractivity contribution in [1.29, 1.82) is 0 Å². The first-order valence-corrected chi connectivity index (χ1v) is 11.4. The molecular formula is C27H27ClN2O3. The van der Waals surface area contributed by atoms with Crippen molar-refractivity contribution in [2.24, 2.45) is 0 Å². The summed E-state index contributed by atoms with van der Waals surface area (Å²) in [5, 5.41) is 3.24. The molecule has 0 aliphatic heterocycles. The second-order valence-electron chi connectivity index (χ2n) is 8.36. The topological polar surface area (TPSA) is 64.4 Å². The molecule has 3 aromatic carbocycles. The van der Waals surface area contributed by atoms with E-state index in [1.807, 2.05) is 50.2 Å². The minimum absolute atomic E-state index is 0.120. The smallest absolute Gasteiger partial charge is 0.262 e. The largest absolute Gasteiger partial charge is 0.484 e. The van der Waals surface area contributed by atoms with Gasteiger partial charge in [0, 0.05) is 5.56 Å². The number of aryl methyl sites for hydroxylation is 2. The van der Waals surface area contributed by atoms with Crippen molar-refractivity contribution in [3.63, 3.8) is 0 Å². The molecule has 1 aromatic heterocycles. The van der Waals surface area contributed by atoms with E-state index in [-0.39, 0.29) is 12.5 Å². The van der Waals surface area contributed by atoms with Gasteiger partial charge in [0.25, 0.3) is 5.91 Å². The van der Waals surface area contributed by atoms with Gasteiger partial charge in [-0.05, 0) is 79.3 Å². The number of hydrogen-bond donors (Lipinski definition) is 1. The van der Waals surface area contributed by atoms with E-state index in [1.165, 1.54) is 5.56 Å². The number of carbonyl (C=O) groups is 1. The minimum atomic E-state index is -0.302. The molecule has 6 heteroatoms. The van der Waals surface area contributed by atoms with Gasteiger partial charge in [-0.2, -0.15) is 0 Å². The third kappa shape index (κ3) is 5.20. The van der Waals surface area contributed by atoms with Gasteiger partial charge < -0.3 is 14.5 Å². The fourth-order valence-electron chi connectivity index (χ4n) is 3.72. The third-order valence-electron chi connectivity index (χ3n) is 5.74. The summed E-state index contributed by atoms with van der Waals surface area (Å²) in [6.45, 7) is 8.25. The van der Waals surface area contributed by atoms with Gasteiger partial charge >= 0.3 is 0 Å². The molecule has 5 nitrogen and oxygen atoms in total. The predicted octanol–water partition coefficient (Wildman–Crippen LogP) is 7.30. The van der Waals surface area contributed by atoms with E-state index in [0.29, 0.717) is 28.3 Å². The van der Waals surface area contributed by atoms with E-state index in [2.05, 4.69) is 30.2 Å². The molecule has 0 unspecified atom stereocenters. The number of halogens is 1. The molecule has 0 aliphatic rings. The number of benzene rings is 3. The normalized spacial score (nSPS) is 12.0. The first-order chi connectivity index (χ1) is 15.8. The quantitative estimate of drug-likeness (QED) is 0.313. The summed E-state index contributed by atoms with van der Waals surface area (Å²) in [7, 11) is 0. The Bertz CT molecular complexity index is 1290. The lowest BCUT2D eigenvalue weighted by Gasteiger charge is -2.11. The number of amides is 1. The van der Waals surface area contributed by atoms with Crippen LogP contribution in [0.25, 0.3) is 22.6 Å². The van der Waals surface area contributed by atoms with Crippen LogP contribution >= 0.6 is 11.6 Å². The number of aromatic nitrogens is 1. The van der Waals surface area contributed by atoms with Crippen molar-refractivity contribution in [3.8, 4) is 17.2 Å². The Kier molecular flexibility index (Phi) is 6.70. The molecule has 1 heterocycles. The van der Waals surface area contributed by atoms with Crippen LogP contribution in [-0.2, 0) is 4.79 Å². The summed E-state index contributed by atoms with van der Waals surface area (Å²) in [6.07, 6.45) is 1.07. The Hall–Kier alpha value is -3.31. The maximum atomic E-state index is 12.5. The van der Waals surface area contributed by atoms with Gasteiger partial charge in [-0.15, -0.1) is 0 Å². The van der Waals surface area contributed by atoms with Gasteiger partial charge in [0.1, 0.15) is 11.3 Å². The maximum absolute atomic E-state index is 12.5. The van der Waals surface area contributed by atoms with E-state index in [1.54, 1.807) is 12.1 Å². The summed E-state index contributed by atoms with van der Waals surface area (Å²) in [5.74, 6) is 1.31. The summed E-state index contributed by atoms with van der Waals surface area (Å²) in [6, 6.07) is 17.2. The molecule has 4 rings (SSSR count). The van der Waals surface area contributed by atoms with Gasteiger partial charge in [-0.1, -0.05) is 43.6 Å². The van der Waals surface area contributed by atoms with Crippen LogP contribution in [0.5, 0.6) is 5.75 Å². The molecule has 0 bridgehead atoms. The van der Waals surface area contributed by atoms with E-state index in [0.717, 1.165) is 34.2 Å². The summed E-state index contributed by atoms with van der Waals surface area (Å²) in [4.78, 5) is 17.1. The van der Waals surface area contributed by atoms with Crippen molar-refractivity contribution in [2.75, 3.05) is 11.9 Å². The average Bonchev–Trinajstić information content (AvgIpc) is 3.23. The molecule has 0 radical (unpaired) electrons. The molecule has 1 N–H and O–H groups in total. The molecule has 170 valence electrons. The van der Waals surface area contributed by atoms with Gasteiger partial charge in [-0.25, -0.2) is 4.98 Å². The van der Waals surface area contributed by atoms with E-state index < -0.39 is 0 Å². The van der Waals surface area contributed by atoms with E-state index in [9.17, 15) is 4.79 Å². The standard InChI is InChI=1S/C27H27ClN2O3/c1-5-17(3)19-6-9-21(10-7-19)32-15-25(31)29-23-14-20(8-11-22(23)28)27-30-24-13-16(2)12-18(4)26(24)33-27/h6-14,17H,5,15H2,1-4H3,(H,29,31)/t17-/m1/s1. The van der Waals surface area contributed by atoms with Crippen molar-refractivity contribution < 1.29 is 13.9 Å². The fourth-order valence-corrected chi connectivity index (χ4v) is 3.88. The molecule has 1 atom stereocenters. The molecule has 1 amide bonds. The van der Waals surface area contributed by atoms with E-state index in [4.69, 9.17) is 20.8 Å². The van der Waals surface area contributed by atoms with Crippen LogP contribution in [0.1, 0.15) is 42.9 Å². The number of rotatable bonds is 7. The molecular weight excluding hydrogens is 436 g/mol. The second kappa shape index (κ2) is 9.67. The summed E-state index contributed by atoms with van der Waals surface area (Å²) < 4.78 is 11.6. The number of nitrogens with one attached hydrogen (secondary N) is 1. The van der Waals surface area contributed by atoms with Crippen molar-refractivity contribution in [1.82, 2.24) is 4.98 Å². The van der Waals surface area contributed by atoms with Gasteiger partial charge in [0.15, 0.2) is 12.2 Å². The fraction of sp³-hybridized carbons (Fsp3) is 0.259. The number of fused-ring (bicyclic) bond motifs is 1. The van der Waals surface area contributed by atoms with Crippen LogP contribution in [-0.4, -0.2) is 17.5 Å². The number of oxazole rings is 1. The first-order valence-electron chi connectivity index (χ1n) is 11.0. The lowest BCUT2D eigenvalue weighted by Crippen LogP contribution is -2.20. The second-order valence-corrected chi connectivity index (χ2v) is 8.77. The molecule has 0 fully saturated rings. The minimum Gasteiger partial charge on any atom is -0.484 e. The average molecular weight is 463 g/mol. The third-order valence-corrected chi connectivity index (χ3v) is 6.07. The lowest BCUT2D eigenvalue weighted by molar-refractivity contribution is -0.118. The predicted molar refractivity (Wildman–Crippen MR) is 133 cm³/mol. The van der Waals surface area contributed by atoms with Crippen LogP contribution in [0, 0.1) is 13.8 Å². The summed E-state index contributed by atoms with van der Waals surface area (Å²) in [5.41, 5.74) is 6.16. The molecule has 0 spiro atoms. The van der Waals surface area contributed by atoms with Gasteiger partial charge in [-0.3, -0.25) is 4.79 Å². The van der Waals surface area contributed by atoms with Gasteiger partial charge in [0.2, 0.25) is 5.89 Å². The van der Waals surface area contributed by atoms with Crippen LogP contribution in [0.3, 0.4) is 0 Å². The molecule has 0 saturated heterocycles. The van der Waals surface area contributed by atoms with Crippen molar-refractivity contribution in [3.05, 3.63) is 76.3 Å². The highest BCUT2D eigenvalue weighted by Gasteiger charge is 2.14. The van der Waals surface area contributed by atoms with E-state index >= 15 is 0 Å². The van der Waals surface area contributed by atoms with Gasteiger partial charge in [0.05, 0.1) is 10.7 Å². The highest BCUT2D eigenvalue weighted by molar-refractivity contribution is 6.33. The zero-order chi connectivity index (χ0) is 23.5. The number of nitrogens with zero attached hydrogens (tertiary/aromatic N) is 1. The SMILES string of the molecule is CC[C@@H](C)c1ccc(OCC(=O)Nc2cc(-c3nc4cc(C)cc(C)c4o3)ccc2Cl)cc1. The van der Waals surface area contributed by atoms with Crippen molar-refractivity contribution in [2.45, 2.75) is 40.0 Å². The van der Waals surface area contributed by atoms with Crippen LogP contribution in [0.2, 0.25) is 5.02 Å². The monoisotopic (exact) mass is 462 g/mol. The zero-order valence-electron chi connectivity index (χ0n) is 19.2. The lowest BCUT2D eigenvalue weighted by atomic mass is 9.99. The molecule has 0 aliphatic carbocycles. The highest BCUT2D eigenvalue weighted by atomic mass is 35.5. The highest BCUT2D eigenvalue weighted by Crippen LogP contribution is 2.32. The number of hydrogen-bond acceptors (Lipinski definition) is 4. The summed E-state index contributed by atoms with van der Waals surface area (Å²) >= 11 is 6.32. The maximum Gasteiger partial charge on any atom is 0.262 e. The Morgan fingerprint density at radius 1 is 1.12 bits per heavy atom. The van der Waals surface area contributed by atoms with Crippen LogP contribution < -0.4 is 10.1 Å². The zero-order valence-corrected chi connectivity index (χ0v) is 20.0. The number of carbonyl (C=O) groups excluding carboxylic acids is 1. The Labute approximate surface area is 198 Å². The Balaban J connectivity index is 1.46. The Morgan fingerprint density at radius 2 is 1.88 bits per heavy atom. The molecule has 33 heavy (non-hydrogen) atoms. The number of anilines is 1.